The molecule has 2 atom stereocenters. The molecule has 0 aromatic heterocycles. The van der Waals surface area contributed by atoms with Gasteiger partial charge in [-0.1, -0.05) is 20.3 Å². The van der Waals surface area contributed by atoms with Crippen molar-refractivity contribution in [3.8, 4) is 0 Å². The van der Waals surface area contributed by atoms with Crippen LogP contribution in [-0.2, 0) is 4.84 Å². The maximum absolute atomic E-state index is 5.44. The van der Waals surface area contributed by atoms with Crippen LogP contribution in [0.2, 0.25) is 0 Å². The van der Waals surface area contributed by atoms with E-state index >= 15 is 0 Å². The molecule has 2 nitrogen and oxygen atoms in total. The van der Waals surface area contributed by atoms with Gasteiger partial charge in [-0.05, 0) is 12.8 Å². The number of hydrogen-bond acceptors (Lipinski definition) is 2. The van der Waals surface area contributed by atoms with Crippen LogP contribution in [0, 0.1) is 5.92 Å². The fourth-order valence-electron chi connectivity index (χ4n) is 0.768. The first-order chi connectivity index (χ1) is 4.57. The predicted octanol–water partition coefficient (Wildman–Crippen LogP) is 1.91. The highest BCUT2D eigenvalue weighted by Gasteiger charge is 2.10. The van der Waals surface area contributed by atoms with Crippen LogP contribution in [0.15, 0.2) is 0 Å². The summed E-state index contributed by atoms with van der Waals surface area (Å²) in [7, 11) is 3.83. The second-order valence-corrected chi connectivity index (χ2v) is 3.01. The average Bonchev–Trinajstić information content (AvgIpc) is 1.85. The van der Waals surface area contributed by atoms with E-state index in [0.717, 1.165) is 0 Å². The lowest BCUT2D eigenvalue weighted by atomic mass is 10.0. The minimum Gasteiger partial charge on any atom is -0.296 e. The normalized spacial score (nSPS) is 17.4. The van der Waals surface area contributed by atoms with Crippen LogP contribution in [0.4, 0.5) is 0 Å². The van der Waals surface area contributed by atoms with Gasteiger partial charge in [0.15, 0.2) is 0 Å². The summed E-state index contributed by atoms with van der Waals surface area (Å²) in [6, 6.07) is 0. The van der Waals surface area contributed by atoms with E-state index in [1.807, 2.05) is 14.1 Å². The van der Waals surface area contributed by atoms with Gasteiger partial charge < -0.3 is 0 Å². The van der Waals surface area contributed by atoms with Crippen molar-refractivity contribution in [3.05, 3.63) is 0 Å². The van der Waals surface area contributed by atoms with E-state index in [1.165, 1.54) is 6.42 Å². The molecule has 0 N–H and O–H groups in total. The van der Waals surface area contributed by atoms with Crippen LogP contribution in [0.5, 0.6) is 0 Å². The molecule has 0 aliphatic carbocycles. The average molecular weight is 145 g/mol. The second kappa shape index (κ2) is 4.69. The Balaban J connectivity index is 3.50. The van der Waals surface area contributed by atoms with Gasteiger partial charge >= 0.3 is 0 Å². The first-order valence-corrected chi connectivity index (χ1v) is 3.92. The van der Waals surface area contributed by atoms with Gasteiger partial charge in [-0.15, -0.1) is 0 Å². The number of hydroxylamine groups is 2. The number of hydrogen-bond donors (Lipinski definition) is 0. The van der Waals surface area contributed by atoms with E-state index in [0.29, 0.717) is 12.0 Å². The van der Waals surface area contributed by atoms with E-state index in [-0.39, 0.29) is 0 Å². The van der Waals surface area contributed by atoms with Crippen LogP contribution in [-0.4, -0.2) is 25.3 Å². The molecule has 0 heterocycles. The Morgan fingerprint density at radius 2 is 1.80 bits per heavy atom. The highest BCUT2D eigenvalue weighted by atomic mass is 16.7. The van der Waals surface area contributed by atoms with Crippen molar-refractivity contribution in [1.29, 1.82) is 0 Å². The van der Waals surface area contributed by atoms with Gasteiger partial charge in [-0.25, -0.2) is 0 Å². The van der Waals surface area contributed by atoms with Crippen molar-refractivity contribution in [2.45, 2.75) is 33.3 Å². The van der Waals surface area contributed by atoms with Crippen molar-refractivity contribution in [2.24, 2.45) is 5.92 Å². The van der Waals surface area contributed by atoms with Crippen LogP contribution < -0.4 is 0 Å². The summed E-state index contributed by atoms with van der Waals surface area (Å²) in [4.78, 5) is 5.44. The molecule has 0 saturated heterocycles. The molecular formula is C8H19NO. The summed E-state index contributed by atoms with van der Waals surface area (Å²) in [6.07, 6.45) is 1.51. The molecule has 0 amide bonds. The summed E-state index contributed by atoms with van der Waals surface area (Å²) in [5.41, 5.74) is 0. The quantitative estimate of drug-likeness (QED) is 0.560. The summed E-state index contributed by atoms with van der Waals surface area (Å²) in [6.45, 7) is 6.49. The Hall–Kier alpha value is -0.0800. The molecular weight excluding hydrogens is 126 g/mol. The molecule has 0 bridgehead atoms. The summed E-state index contributed by atoms with van der Waals surface area (Å²) >= 11 is 0. The Morgan fingerprint density at radius 3 is 2.10 bits per heavy atom. The van der Waals surface area contributed by atoms with E-state index < -0.39 is 0 Å². The van der Waals surface area contributed by atoms with Crippen LogP contribution in [0.3, 0.4) is 0 Å². The Morgan fingerprint density at radius 1 is 1.30 bits per heavy atom. The number of nitrogens with zero attached hydrogens (tertiary/aromatic N) is 1. The largest absolute Gasteiger partial charge is 0.296 e. The Kier molecular flexibility index (Phi) is 4.65. The SMILES string of the molecule is CCC(C)C(C)ON(C)C. The van der Waals surface area contributed by atoms with Crippen molar-refractivity contribution < 1.29 is 4.84 Å². The Labute approximate surface area is 64.1 Å². The Bertz CT molecular complexity index is 83.3. The third kappa shape index (κ3) is 3.85. The maximum atomic E-state index is 5.44. The minimum absolute atomic E-state index is 0.333. The minimum atomic E-state index is 0.333. The third-order valence-corrected chi connectivity index (χ3v) is 1.82. The third-order valence-electron chi connectivity index (χ3n) is 1.82. The van der Waals surface area contributed by atoms with Gasteiger partial charge in [-0.2, -0.15) is 5.06 Å². The van der Waals surface area contributed by atoms with E-state index in [9.17, 15) is 0 Å². The summed E-state index contributed by atoms with van der Waals surface area (Å²) in [5, 5.41) is 1.76. The predicted molar refractivity (Wildman–Crippen MR) is 43.7 cm³/mol. The second-order valence-electron chi connectivity index (χ2n) is 3.01. The van der Waals surface area contributed by atoms with Crippen molar-refractivity contribution in [2.75, 3.05) is 14.1 Å². The highest BCUT2D eigenvalue weighted by Crippen LogP contribution is 2.10. The summed E-state index contributed by atoms with van der Waals surface area (Å²) < 4.78 is 0. The lowest BCUT2D eigenvalue weighted by Gasteiger charge is -2.22. The fraction of sp³-hybridized carbons (Fsp3) is 1.00. The van der Waals surface area contributed by atoms with Crippen molar-refractivity contribution in [3.63, 3.8) is 0 Å². The zero-order valence-electron chi connectivity index (χ0n) is 7.72. The van der Waals surface area contributed by atoms with Crippen molar-refractivity contribution in [1.82, 2.24) is 5.06 Å². The first kappa shape index (κ1) is 9.92. The van der Waals surface area contributed by atoms with E-state index in [2.05, 4.69) is 20.8 Å². The molecule has 0 aliphatic heterocycles. The molecule has 0 rings (SSSR count). The van der Waals surface area contributed by atoms with Crippen molar-refractivity contribution >= 4 is 0 Å². The first-order valence-electron chi connectivity index (χ1n) is 3.92. The molecule has 0 aliphatic rings. The van der Waals surface area contributed by atoms with Gasteiger partial charge in [0.05, 0.1) is 6.10 Å². The molecule has 2 heteroatoms. The van der Waals surface area contributed by atoms with Gasteiger partial charge in [0, 0.05) is 14.1 Å². The molecule has 0 aromatic carbocycles. The topological polar surface area (TPSA) is 12.5 Å². The zero-order valence-corrected chi connectivity index (χ0v) is 7.72. The molecule has 2 unspecified atom stereocenters. The molecule has 0 aromatic rings. The zero-order chi connectivity index (χ0) is 8.15. The molecule has 0 radical (unpaired) electrons. The van der Waals surface area contributed by atoms with Gasteiger partial charge in [0.1, 0.15) is 0 Å². The van der Waals surface area contributed by atoms with Gasteiger partial charge in [0.25, 0.3) is 0 Å². The fourth-order valence-corrected chi connectivity index (χ4v) is 0.768. The maximum Gasteiger partial charge on any atom is 0.0790 e. The molecule has 0 spiro atoms. The van der Waals surface area contributed by atoms with Crippen LogP contribution >= 0.6 is 0 Å². The molecule has 62 valence electrons. The smallest absolute Gasteiger partial charge is 0.0790 e. The highest BCUT2D eigenvalue weighted by molar-refractivity contribution is 4.56. The van der Waals surface area contributed by atoms with Gasteiger partial charge in [-0.3, -0.25) is 4.84 Å². The van der Waals surface area contributed by atoms with Crippen LogP contribution in [0.25, 0.3) is 0 Å². The lowest BCUT2D eigenvalue weighted by molar-refractivity contribution is -0.173. The molecule has 0 saturated carbocycles. The standard InChI is InChI=1S/C8H19NO/c1-6-7(2)8(3)10-9(4)5/h7-8H,6H2,1-5H3. The van der Waals surface area contributed by atoms with E-state index in [1.54, 1.807) is 5.06 Å². The summed E-state index contributed by atoms with van der Waals surface area (Å²) in [5.74, 6) is 0.641. The molecule has 10 heavy (non-hydrogen) atoms. The number of rotatable bonds is 4. The van der Waals surface area contributed by atoms with E-state index in [4.69, 9.17) is 4.84 Å². The monoisotopic (exact) mass is 145 g/mol. The molecule has 0 fully saturated rings. The van der Waals surface area contributed by atoms with Crippen LogP contribution in [0.1, 0.15) is 27.2 Å². The lowest BCUT2D eigenvalue weighted by Crippen LogP contribution is -2.25. The van der Waals surface area contributed by atoms with Gasteiger partial charge in [0.2, 0.25) is 0 Å².